The first-order chi connectivity index (χ1) is 9.30. The van der Waals surface area contributed by atoms with Crippen LogP contribution in [0.25, 0.3) is 0 Å². The molecule has 1 unspecified atom stereocenters. The van der Waals surface area contributed by atoms with Gasteiger partial charge in [0.2, 0.25) is 11.8 Å². The van der Waals surface area contributed by atoms with Crippen LogP contribution in [0.3, 0.4) is 0 Å². The molecule has 4 nitrogen and oxygen atoms in total. The second kappa shape index (κ2) is 7.65. The molecule has 0 aromatic heterocycles. The van der Waals surface area contributed by atoms with E-state index in [0.717, 1.165) is 12.3 Å². The summed E-state index contributed by atoms with van der Waals surface area (Å²) in [5.41, 5.74) is -0.461. The van der Waals surface area contributed by atoms with E-state index >= 15 is 0 Å². The summed E-state index contributed by atoms with van der Waals surface area (Å²) >= 11 is 0. The average Bonchev–Trinajstić information content (AvgIpc) is 2.86. The fraction of sp³-hybridized carbons (Fsp3) is 0.875. The van der Waals surface area contributed by atoms with Crippen LogP contribution in [0.4, 0.5) is 0 Å². The van der Waals surface area contributed by atoms with E-state index in [-0.39, 0.29) is 11.8 Å². The van der Waals surface area contributed by atoms with Crippen molar-refractivity contribution in [2.75, 3.05) is 6.54 Å². The van der Waals surface area contributed by atoms with Gasteiger partial charge < -0.3 is 10.6 Å². The highest BCUT2D eigenvalue weighted by molar-refractivity contribution is 5.89. The van der Waals surface area contributed by atoms with Gasteiger partial charge in [0.15, 0.2) is 0 Å². The van der Waals surface area contributed by atoms with Gasteiger partial charge in [-0.2, -0.15) is 0 Å². The molecule has 1 rings (SSSR count). The summed E-state index contributed by atoms with van der Waals surface area (Å²) in [6.45, 7) is 7.97. The zero-order chi connectivity index (χ0) is 15.2. The number of carbonyl (C=O) groups is 2. The third kappa shape index (κ3) is 5.93. The molecule has 0 heterocycles. The lowest BCUT2D eigenvalue weighted by Gasteiger charge is -2.21. The molecule has 1 fully saturated rings. The van der Waals surface area contributed by atoms with Crippen molar-refractivity contribution < 1.29 is 9.59 Å². The molecule has 0 aliphatic heterocycles. The summed E-state index contributed by atoms with van der Waals surface area (Å²) in [6, 6.07) is -0.465. The summed E-state index contributed by atoms with van der Waals surface area (Å²) in [7, 11) is 0. The van der Waals surface area contributed by atoms with E-state index in [2.05, 4.69) is 10.6 Å². The van der Waals surface area contributed by atoms with Gasteiger partial charge in [-0.05, 0) is 25.7 Å². The molecule has 0 bridgehead atoms. The van der Waals surface area contributed by atoms with Crippen molar-refractivity contribution in [3.8, 4) is 0 Å². The third-order valence-corrected chi connectivity index (χ3v) is 3.99. The number of carbonyl (C=O) groups excluding carboxylic acids is 2. The average molecular weight is 282 g/mol. The van der Waals surface area contributed by atoms with Crippen molar-refractivity contribution in [3.05, 3.63) is 0 Å². The molecular formula is C16H30N2O2. The molecule has 0 radical (unpaired) electrons. The van der Waals surface area contributed by atoms with Gasteiger partial charge in [-0.3, -0.25) is 9.59 Å². The van der Waals surface area contributed by atoms with Crippen LogP contribution in [-0.4, -0.2) is 24.4 Å². The number of rotatable bonds is 6. The smallest absolute Gasteiger partial charge is 0.242 e. The molecular weight excluding hydrogens is 252 g/mol. The molecule has 4 heteroatoms. The molecule has 2 amide bonds. The van der Waals surface area contributed by atoms with Crippen LogP contribution < -0.4 is 10.6 Å². The molecule has 1 saturated carbocycles. The molecule has 0 saturated heterocycles. The summed E-state index contributed by atoms with van der Waals surface area (Å²) < 4.78 is 0. The Labute approximate surface area is 123 Å². The predicted octanol–water partition coefficient (Wildman–Crippen LogP) is 2.62. The van der Waals surface area contributed by atoms with Crippen LogP contribution in [-0.2, 0) is 9.59 Å². The Balaban J connectivity index is 2.16. The molecule has 0 aromatic carbocycles. The van der Waals surface area contributed by atoms with E-state index < -0.39 is 11.5 Å². The molecule has 1 atom stereocenters. The van der Waals surface area contributed by atoms with E-state index in [9.17, 15) is 9.59 Å². The van der Waals surface area contributed by atoms with Gasteiger partial charge in [0, 0.05) is 12.0 Å². The van der Waals surface area contributed by atoms with E-state index in [1.807, 2.05) is 20.8 Å². The minimum absolute atomic E-state index is 0.0889. The van der Waals surface area contributed by atoms with Crippen LogP contribution in [0.1, 0.15) is 66.2 Å². The zero-order valence-electron chi connectivity index (χ0n) is 13.4. The van der Waals surface area contributed by atoms with E-state index in [0.29, 0.717) is 6.54 Å². The molecule has 0 spiro atoms. The number of amides is 2. The van der Waals surface area contributed by atoms with Crippen molar-refractivity contribution in [1.82, 2.24) is 10.6 Å². The molecule has 1 aliphatic carbocycles. The maximum absolute atomic E-state index is 11.9. The van der Waals surface area contributed by atoms with Gasteiger partial charge in [0.25, 0.3) is 0 Å². The van der Waals surface area contributed by atoms with E-state index in [1.54, 1.807) is 6.92 Å². The van der Waals surface area contributed by atoms with Crippen LogP contribution >= 0.6 is 0 Å². The van der Waals surface area contributed by atoms with E-state index in [1.165, 1.54) is 32.1 Å². The van der Waals surface area contributed by atoms with Crippen LogP contribution in [0.5, 0.6) is 0 Å². The lowest BCUT2D eigenvalue weighted by atomic mass is 9.95. The lowest BCUT2D eigenvalue weighted by Crippen LogP contribution is -2.48. The first kappa shape index (κ1) is 17.0. The summed E-state index contributed by atoms with van der Waals surface area (Å²) in [6.07, 6.45) is 7.69. The summed E-state index contributed by atoms with van der Waals surface area (Å²) in [5.74, 6) is 0.685. The fourth-order valence-electron chi connectivity index (χ4n) is 2.53. The van der Waals surface area contributed by atoms with Crippen molar-refractivity contribution >= 4 is 11.8 Å². The lowest BCUT2D eigenvalue weighted by molar-refractivity contribution is -0.133. The van der Waals surface area contributed by atoms with Gasteiger partial charge in [-0.25, -0.2) is 0 Å². The maximum Gasteiger partial charge on any atom is 0.242 e. The fourth-order valence-corrected chi connectivity index (χ4v) is 2.53. The van der Waals surface area contributed by atoms with Crippen LogP contribution in [0, 0.1) is 11.3 Å². The highest BCUT2D eigenvalue weighted by Gasteiger charge is 2.24. The Bertz CT molecular complexity index is 328. The highest BCUT2D eigenvalue weighted by atomic mass is 16.2. The first-order valence-corrected chi connectivity index (χ1v) is 7.89. The summed E-state index contributed by atoms with van der Waals surface area (Å²) in [4.78, 5) is 23.7. The Morgan fingerprint density at radius 2 is 1.80 bits per heavy atom. The second-order valence-electron chi connectivity index (χ2n) is 7.03. The van der Waals surface area contributed by atoms with Crippen molar-refractivity contribution in [1.29, 1.82) is 0 Å². The van der Waals surface area contributed by atoms with Gasteiger partial charge in [0.1, 0.15) is 6.04 Å². The standard InChI is InChI=1S/C16H30N2O2/c1-12(18-15(20)16(2,3)4)14(19)17-11-7-10-13-8-5-6-9-13/h12-13H,5-11H2,1-4H3,(H,17,19)(H,18,20). The predicted molar refractivity (Wildman–Crippen MR) is 81.3 cm³/mol. The largest absolute Gasteiger partial charge is 0.354 e. The molecule has 0 aromatic rings. The monoisotopic (exact) mass is 282 g/mol. The zero-order valence-corrected chi connectivity index (χ0v) is 13.4. The van der Waals surface area contributed by atoms with Crippen LogP contribution in [0.2, 0.25) is 0 Å². The normalized spacial score (nSPS) is 17.8. The SMILES string of the molecule is CC(NC(=O)C(C)(C)C)C(=O)NCCCC1CCCC1. The first-order valence-electron chi connectivity index (χ1n) is 7.89. The maximum atomic E-state index is 11.9. The van der Waals surface area contributed by atoms with Crippen molar-refractivity contribution in [2.24, 2.45) is 11.3 Å². The molecule has 20 heavy (non-hydrogen) atoms. The van der Waals surface area contributed by atoms with Gasteiger partial charge in [-0.1, -0.05) is 46.5 Å². The minimum Gasteiger partial charge on any atom is -0.354 e. The van der Waals surface area contributed by atoms with Crippen LogP contribution in [0.15, 0.2) is 0 Å². The van der Waals surface area contributed by atoms with Gasteiger partial charge in [0.05, 0.1) is 0 Å². The minimum atomic E-state index is -0.465. The Morgan fingerprint density at radius 3 is 2.35 bits per heavy atom. The quantitative estimate of drug-likeness (QED) is 0.736. The molecule has 116 valence electrons. The Morgan fingerprint density at radius 1 is 1.20 bits per heavy atom. The second-order valence-corrected chi connectivity index (χ2v) is 7.03. The number of hydrogen-bond donors (Lipinski definition) is 2. The topological polar surface area (TPSA) is 58.2 Å². The third-order valence-electron chi connectivity index (χ3n) is 3.99. The highest BCUT2D eigenvalue weighted by Crippen LogP contribution is 2.28. The van der Waals surface area contributed by atoms with Gasteiger partial charge >= 0.3 is 0 Å². The van der Waals surface area contributed by atoms with Gasteiger partial charge in [-0.15, -0.1) is 0 Å². The number of nitrogens with one attached hydrogen (secondary N) is 2. The van der Waals surface area contributed by atoms with E-state index in [4.69, 9.17) is 0 Å². The van der Waals surface area contributed by atoms with Crippen molar-refractivity contribution in [2.45, 2.75) is 72.3 Å². The molecule has 1 aliphatic rings. The Kier molecular flexibility index (Phi) is 6.50. The summed E-state index contributed by atoms with van der Waals surface area (Å²) in [5, 5.41) is 5.66. The number of hydrogen-bond acceptors (Lipinski definition) is 2. The Hall–Kier alpha value is -1.06. The van der Waals surface area contributed by atoms with Crippen molar-refractivity contribution in [3.63, 3.8) is 0 Å². The molecule has 2 N–H and O–H groups in total.